The molecule has 20 heavy (non-hydrogen) atoms. The van der Waals surface area contributed by atoms with Gasteiger partial charge in [-0.1, -0.05) is 42.5 Å². The molecule has 0 saturated carbocycles. The second-order valence-corrected chi connectivity index (χ2v) is 4.20. The molecule has 3 nitrogen and oxygen atoms in total. The molecule has 0 aliphatic carbocycles. The fourth-order valence-electron chi connectivity index (χ4n) is 1.69. The van der Waals surface area contributed by atoms with E-state index in [9.17, 15) is 4.79 Å². The maximum absolute atomic E-state index is 11.6. The van der Waals surface area contributed by atoms with E-state index in [2.05, 4.69) is 0 Å². The summed E-state index contributed by atoms with van der Waals surface area (Å²) in [4.78, 5) is 11.6. The molecule has 2 aromatic rings. The predicted octanol–water partition coefficient (Wildman–Crippen LogP) is 3.45. The second kappa shape index (κ2) is 7.14. The van der Waals surface area contributed by atoms with Crippen LogP contribution in [0.1, 0.15) is 11.1 Å². The summed E-state index contributed by atoms with van der Waals surface area (Å²) >= 11 is 0. The molecule has 0 saturated heterocycles. The topological polar surface area (TPSA) is 35.5 Å². The number of esters is 1. The van der Waals surface area contributed by atoms with E-state index in [-0.39, 0.29) is 12.6 Å². The van der Waals surface area contributed by atoms with Gasteiger partial charge in [-0.05, 0) is 29.3 Å². The zero-order valence-electron chi connectivity index (χ0n) is 11.3. The van der Waals surface area contributed by atoms with Crippen molar-refractivity contribution in [1.82, 2.24) is 0 Å². The van der Waals surface area contributed by atoms with E-state index in [0.29, 0.717) is 0 Å². The van der Waals surface area contributed by atoms with E-state index >= 15 is 0 Å². The van der Waals surface area contributed by atoms with Gasteiger partial charge in [0.25, 0.3) is 0 Å². The molecule has 0 fully saturated rings. The Labute approximate surface area is 118 Å². The molecule has 0 N–H and O–H groups in total. The van der Waals surface area contributed by atoms with Crippen LogP contribution in [0.3, 0.4) is 0 Å². The van der Waals surface area contributed by atoms with Gasteiger partial charge in [0.05, 0.1) is 7.11 Å². The minimum absolute atomic E-state index is 0.280. The first-order chi connectivity index (χ1) is 9.78. The lowest BCUT2D eigenvalue weighted by Crippen LogP contribution is -2.00. The lowest BCUT2D eigenvalue weighted by Gasteiger charge is -2.02. The van der Waals surface area contributed by atoms with Gasteiger partial charge >= 0.3 is 5.97 Å². The molecule has 0 bridgehead atoms. The molecule has 0 radical (unpaired) electrons. The molecule has 0 aromatic heterocycles. The van der Waals surface area contributed by atoms with E-state index in [1.165, 1.54) is 6.08 Å². The Morgan fingerprint density at radius 1 is 1.10 bits per heavy atom. The second-order valence-electron chi connectivity index (χ2n) is 4.20. The smallest absolute Gasteiger partial charge is 0.331 e. The van der Waals surface area contributed by atoms with Gasteiger partial charge in [-0.2, -0.15) is 0 Å². The van der Waals surface area contributed by atoms with Gasteiger partial charge in [-0.25, -0.2) is 4.79 Å². The van der Waals surface area contributed by atoms with E-state index in [4.69, 9.17) is 9.47 Å². The van der Waals surface area contributed by atoms with Gasteiger partial charge in [-0.3, -0.25) is 0 Å². The Morgan fingerprint density at radius 3 is 2.65 bits per heavy atom. The van der Waals surface area contributed by atoms with Crippen LogP contribution in [0.5, 0.6) is 5.75 Å². The minimum Gasteiger partial charge on any atom is -0.497 e. The summed E-state index contributed by atoms with van der Waals surface area (Å²) in [6, 6.07) is 17.0. The summed E-state index contributed by atoms with van der Waals surface area (Å²) in [5, 5.41) is 0. The number of ether oxygens (including phenoxy) is 2. The minimum atomic E-state index is -0.364. The van der Waals surface area contributed by atoms with Crippen LogP contribution in [0.4, 0.5) is 0 Å². The Balaban J connectivity index is 1.89. The SMILES string of the molecule is COc1cccc(/C=C/C(=O)OCc2ccccc2)c1. The Bertz CT molecular complexity index is 588. The third-order valence-electron chi connectivity index (χ3n) is 2.73. The summed E-state index contributed by atoms with van der Waals surface area (Å²) in [5.41, 5.74) is 1.86. The van der Waals surface area contributed by atoms with Gasteiger partial charge in [0.1, 0.15) is 12.4 Å². The Hall–Kier alpha value is -2.55. The number of hydrogen-bond donors (Lipinski definition) is 0. The van der Waals surface area contributed by atoms with Crippen molar-refractivity contribution in [2.24, 2.45) is 0 Å². The number of methoxy groups -OCH3 is 1. The lowest BCUT2D eigenvalue weighted by molar-refractivity contribution is -0.138. The molecule has 0 unspecified atom stereocenters. The molecule has 0 heterocycles. The van der Waals surface area contributed by atoms with Crippen molar-refractivity contribution >= 4 is 12.0 Å². The number of rotatable bonds is 5. The molecule has 0 aliphatic heterocycles. The molecule has 0 spiro atoms. The number of carbonyl (C=O) groups is 1. The molecule has 3 heteroatoms. The zero-order valence-corrected chi connectivity index (χ0v) is 11.3. The molecule has 2 rings (SSSR count). The Kier molecular flexibility index (Phi) is 4.95. The predicted molar refractivity (Wildman–Crippen MR) is 78.3 cm³/mol. The maximum atomic E-state index is 11.6. The molecule has 0 amide bonds. The largest absolute Gasteiger partial charge is 0.497 e. The van der Waals surface area contributed by atoms with Crippen LogP contribution in [0.2, 0.25) is 0 Å². The summed E-state index contributed by atoms with van der Waals surface area (Å²) in [5.74, 6) is 0.390. The van der Waals surface area contributed by atoms with Gasteiger partial charge in [0, 0.05) is 6.08 Å². The Morgan fingerprint density at radius 2 is 1.90 bits per heavy atom. The van der Waals surface area contributed by atoms with E-state index in [1.54, 1.807) is 13.2 Å². The van der Waals surface area contributed by atoms with Crippen LogP contribution >= 0.6 is 0 Å². The maximum Gasteiger partial charge on any atom is 0.331 e. The highest BCUT2D eigenvalue weighted by Gasteiger charge is 1.98. The van der Waals surface area contributed by atoms with Crippen LogP contribution < -0.4 is 4.74 Å². The fraction of sp³-hybridized carbons (Fsp3) is 0.118. The van der Waals surface area contributed by atoms with Gasteiger partial charge in [0.2, 0.25) is 0 Å². The first-order valence-electron chi connectivity index (χ1n) is 6.31. The van der Waals surface area contributed by atoms with Crippen LogP contribution in [0.25, 0.3) is 6.08 Å². The van der Waals surface area contributed by atoms with Gasteiger partial charge in [0.15, 0.2) is 0 Å². The quantitative estimate of drug-likeness (QED) is 0.615. The van der Waals surface area contributed by atoms with Crippen molar-refractivity contribution in [2.45, 2.75) is 6.61 Å². The highest BCUT2D eigenvalue weighted by atomic mass is 16.5. The molecular formula is C17H16O3. The first kappa shape index (κ1) is 13.9. The molecule has 102 valence electrons. The van der Waals surface area contributed by atoms with Crippen LogP contribution in [0, 0.1) is 0 Å². The van der Waals surface area contributed by atoms with E-state index < -0.39 is 0 Å². The number of hydrogen-bond acceptors (Lipinski definition) is 3. The highest BCUT2D eigenvalue weighted by Crippen LogP contribution is 2.13. The van der Waals surface area contributed by atoms with E-state index in [0.717, 1.165) is 16.9 Å². The van der Waals surface area contributed by atoms with Crippen molar-refractivity contribution in [2.75, 3.05) is 7.11 Å². The first-order valence-corrected chi connectivity index (χ1v) is 6.31. The monoisotopic (exact) mass is 268 g/mol. The summed E-state index contributed by atoms with van der Waals surface area (Å²) in [6.45, 7) is 0.280. The zero-order chi connectivity index (χ0) is 14.2. The summed E-state index contributed by atoms with van der Waals surface area (Å²) in [6.07, 6.45) is 3.12. The van der Waals surface area contributed by atoms with Crippen molar-refractivity contribution in [3.63, 3.8) is 0 Å². The summed E-state index contributed by atoms with van der Waals surface area (Å²) < 4.78 is 10.3. The average Bonchev–Trinajstić information content (AvgIpc) is 2.52. The number of carbonyl (C=O) groups excluding carboxylic acids is 1. The summed E-state index contributed by atoms with van der Waals surface area (Å²) in [7, 11) is 1.61. The lowest BCUT2D eigenvalue weighted by atomic mass is 10.2. The highest BCUT2D eigenvalue weighted by molar-refractivity contribution is 5.87. The van der Waals surface area contributed by atoms with E-state index in [1.807, 2.05) is 54.6 Å². The van der Waals surface area contributed by atoms with Gasteiger partial charge < -0.3 is 9.47 Å². The molecular weight excluding hydrogens is 252 g/mol. The third kappa shape index (κ3) is 4.28. The van der Waals surface area contributed by atoms with Crippen LogP contribution in [0.15, 0.2) is 60.7 Å². The van der Waals surface area contributed by atoms with Crippen molar-refractivity contribution < 1.29 is 14.3 Å². The number of benzene rings is 2. The fourth-order valence-corrected chi connectivity index (χ4v) is 1.69. The normalized spacial score (nSPS) is 10.4. The third-order valence-corrected chi connectivity index (χ3v) is 2.73. The molecule has 0 aliphatic rings. The average molecular weight is 268 g/mol. The van der Waals surface area contributed by atoms with Crippen LogP contribution in [-0.4, -0.2) is 13.1 Å². The van der Waals surface area contributed by atoms with Gasteiger partial charge in [-0.15, -0.1) is 0 Å². The van der Waals surface area contributed by atoms with Crippen molar-refractivity contribution in [3.05, 3.63) is 71.8 Å². The molecule has 0 atom stereocenters. The standard InChI is InChI=1S/C17H16O3/c1-19-16-9-5-8-14(12-16)10-11-17(18)20-13-15-6-3-2-4-7-15/h2-12H,13H2,1H3/b11-10+. The van der Waals surface area contributed by atoms with Crippen molar-refractivity contribution in [1.29, 1.82) is 0 Å². The van der Waals surface area contributed by atoms with Crippen LogP contribution in [-0.2, 0) is 16.1 Å². The molecule has 2 aromatic carbocycles. The van der Waals surface area contributed by atoms with Crippen molar-refractivity contribution in [3.8, 4) is 5.75 Å².